The number of carbonyl (C=O) groups is 1. The van der Waals surface area contributed by atoms with E-state index in [1.54, 1.807) is 6.08 Å². The van der Waals surface area contributed by atoms with Gasteiger partial charge < -0.3 is 16.2 Å². The summed E-state index contributed by atoms with van der Waals surface area (Å²) in [7, 11) is 0. The van der Waals surface area contributed by atoms with Gasteiger partial charge in [-0.2, -0.15) is 0 Å². The number of aliphatic hydroxyl groups is 1. The van der Waals surface area contributed by atoms with E-state index in [2.05, 4.69) is 52.1 Å². The van der Waals surface area contributed by atoms with Gasteiger partial charge in [-0.05, 0) is 74.4 Å². The third kappa shape index (κ3) is 4.90. The van der Waals surface area contributed by atoms with Crippen LogP contribution in [0.5, 0.6) is 0 Å². The molecule has 2 aliphatic carbocycles. The van der Waals surface area contributed by atoms with Crippen LogP contribution in [0.1, 0.15) is 50.2 Å². The van der Waals surface area contributed by atoms with E-state index in [0.717, 1.165) is 43.6 Å². The molecule has 4 N–H and O–H groups in total. The summed E-state index contributed by atoms with van der Waals surface area (Å²) in [6, 6.07) is 8.68. The standard InChI is InChI=1S/C27H34N4O2/c1-4-13-31-16-21-15-27(21,17-31)20-7-5-19(6-8-20)18(2)14-24(25(28)29-3)26(33)30-22-9-11-23(32)12-10-22/h1,5-8,14,21-23,32H,3,9-13,15-17,28H2,2H3,(H,30,33)/b18-14+,25-24+/t21-,22?,23?,27+/m0/s1. The predicted octanol–water partition coefficient (Wildman–Crippen LogP) is 2.59. The monoisotopic (exact) mass is 446 g/mol. The maximum Gasteiger partial charge on any atom is 0.255 e. The van der Waals surface area contributed by atoms with Crippen molar-refractivity contribution in [2.24, 2.45) is 16.6 Å². The number of aliphatic imine (C=N–C) groups is 1. The number of likely N-dealkylation sites (tertiary alicyclic amines) is 1. The number of allylic oxidation sites excluding steroid dienone is 1. The van der Waals surface area contributed by atoms with Gasteiger partial charge in [-0.15, -0.1) is 6.42 Å². The van der Waals surface area contributed by atoms with Crippen LogP contribution in [0, 0.1) is 18.3 Å². The molecule has 1 aliphatic heterocycles. The zero-order valence-corrected chi connectivity index (χ0v) is 19.4. The first-order chi connectivity index (χ1) is 15.9. The zero-order valence-electron chi connectivity index (χ0n) is 19.4. The Balaban J connectivity index is 1.47. The number of nitrogens with two attached hydrogens (primary N) is 1. The summed E-state index contributed by atoms with van der Waals surface area (Å²) in [5, 5.41) is 12.7. The molecule has 33 heavy (non-hydrogen) atoms. The van der Waals surface area contributed by atoms with Crippen LogP contribution in [0.15, 0.2) is 46.7 Å². The molecular formula is C27H34N4O2. The smallest absolute Gasteiger partial charge is 0.255 e. The van der Waals surface area contributed by atoms with Gasteiger partial charge in [-0.1, -0.05) is 30.2 Å². The number of rotatable bonds is 7. The summed E-state index contributed by atoms with van der Waals surface area (Å²) >= 11 is 0. The molecule has 0 unspecified atom stereocenters. The van der Waals surface area contributed by atoms with Crippen LogP contribution < -0.4 is 11.1 Å². The molecule has 6 heteroatoms. The summed E-state index contributed by atoms with van der Waals surface area (Å²) in [4.78, 5) is 19.1. The SMILES string of the molecule is C#CCN1C[C@@H]2C[C@]2(c2ccc(/C(C)=C/C(C(=O)NC3CCC(O)CC3)=C(/N)N=C)cc2)C1. The number of piperidine rings is 1. The van der Waals surface area contributed by atoms with Gasteiger partial charge in [-0.3, -0.25) is 9.69 Å². The van der Waals surface area contributed by atoms with Gasteiger partial charge in [0.2, 0.25) is 0 Å². The number of amides is 1. The number of hydrogen-bond donors (Lipinski definition) is 3. The number of aliphatic hydroxyl groups excluding tert-OH is 1. The largest absolute Gasteiger partial charge is 0.393 e. The molecule has 0 aromatic heterocycles. The Labute approximate surface area is 196 Å². The van der Waals surface area contributed by atoms with Crippen LogP contribution in [0.25, 0.3) is 5.57 Å². The highest BCUT2D eigenvalue weighted by Gasteiger charge is 2.60. The zero-order chi connectivity index (χ0) is 23.6. The van der Waals surface area contributed by atoms with Crippen LogP contribution in [-0.2, 0) is 10.2 Å². The van der Waals surface area contributed by atoms with E-state index in [9.17, 15) is 9.90 Å². The number of benzene rings is 1. The summed E-state index contributed by atoms with van der Waals surface area (Å²) in [6.45, 7) is 8.30. The van der Waals surface area contributed by atoms with Crippen molar-refractivity contribution in [2.45, 2.75) is 56.6 Å². The number of carbonyl (C=O) groups excluding carboxylic acids is 1. The fourth-order valence-electron chi connectivity index (χ4n) is 5.47. The highest BCUT2D eigenvalue weighted by atomic mass is 16.3. The lowest BCUT2D eigenvalue weighted by atomic mass is 9.92. The van der Waals surface area contributed by atoms with E-state index in [1.807, 2.05) is 6.92 Å². The van der Waals surface area contributed by atoms with Crippen molar-refractivity contribution >= 4 is 18.2 Å². The van der Waals surface area contributed by atoms with Gasteiger partial charge in [0.15, 0.2) is 0 Å². The van der Waals surface area contributed by atoms with Crippen molar-refractivity contribution in [1.82, 2.24) is 10.2 Å². The number of terminal acetylenes is 1. The number of nitrogens with one attached hydrogen (secondary N) is 1. The minimum atomic E-state index is -0.270. The molecule has 6 nitrogen and oxygen atoms in total. The third-order valence-corrected chi connectivity index (χ3v) is 7.53. The lowest BCUT2D eigenvalue weighted by molar-refractivity contribution is -0.118. The average Bonchev–Trinajstić information content (AvgIpc) is 3.39. The topological polar surface area (TPSA) is 91.0 Å². The highest BCUT2D eigenvalue weighted by Crippen LogP contribution is 2.58. The molecule has 0 spiro atoms. The summed E-state index contributed by atoms with van der Waals surface area (Å²) in [6.07, 6.45) is 11.2. The van der Waals surface area contributed by atoms with Gasteiger partial charge in [0.25, 0.3) is 5.91 Å². The van der Waals surface area contributed by atoms with Crippen LogP contribution >= 0.6 is 0 Å². The molecule has 1 aromatic rings. The number of hydrogen-bond acceptors (Lipinski definition) is 5. The second-order valence-electron chi connectivity index (χ2n) is 9.77. The quantitative estimate of drug-likeness (QED) is 0.260. The van der Waals surface area contributed by atoms with Gasteiger partial charge in [0.05, 0.1) is 18.2 Å². The van der Waals surface area contributed by atoms with Crippen molar-refractivity contribution in [2.75, 3.05) is 19.6 Å². The van der Waals surface area contributed by atoms with Crippen molar-refractivity contribution < 1.29 is 9.90 Å². The first-order valence-corrected chi connectivity index (χ1v) is 11.8. The van der Waals surface area contributed by atoms with Gasteiger partial charge in [0.1, 0.15) is 5.82 Å². The molecule has 3 fully saturated rings. The fraction of sp³-hybridized carbons (Fsp3) is 0.481. The molecule has 2 saturated carbocycles. The second-order valence-corrected chi connectivity index (χ2v) is 9.77. The molecule has 174 valence electrons. The second kappa shape index (κ2) is 9.54. The van der Waals surface area contributed by atoms with E-state index in [0.29, 0.717) is 24.3 Å². The van der Waals surface area contributed by atoms with Crippen LogP contribution in [0.4, 0.5) is 0 Å². The minimum absolute atomic E-state index is 0.0349. The maximum atomic E-state index is 13.0. The Morgan fingerprint density at radius 2 is 2.06 bits per heavy atom. The van der Waals surface area contributed by atoms with Crippen molar-refractivity contribution in [3.05, 3.63) is 52.9 Å². The molecular weight excluding hydrogens is 412 g/mol. The predicted molar refractivity (Wildman–Crippen MR) is 132 cm³/mol. The highest BCUT2D eigenvalue weighted by molar-refractivity contribution is 5.99. The number of fused-ring (bicyclic) bond motifs is 1. The molecule has 0 bridgehead atoms. The van der Waals surface area contributed by atoms with Crippen LogP contribution in [0.2, 0.25) is 0 Å². The first kappa shape index (κ1) is 23.3. The molecule has 1 aromatic carbocycles. The van der Waals surface area contributed by atoms with Gasteiger partial charge >= 0.3 is 0 Å². The Hall–Kier alpha value is -2.88. The average molecular weight is 447 g/mol. The van der Waals surface area contributed by atoms with E-state index in [-0.39, 0.29) is 29.3 Å². The normalized spacial score (nSPS) is 30.1. The van der Waals surface area contributed by atoms with E-state index in [4.69, 9.17) is 12.2 Å². The third-order valence-electron chi connectivity index (χ3n) is 7.53. The molecule has 0 radical (unpaired) electrons. The summed E-state index contributed by atoms with van der Waals surface area (Å²) < 4.78 is 0. The van der Waals surface area contributed by atoms with E-state index < -0.39 is 0 Å². The molecule has 2 atom stereocenters. The lowest BCUT2D eigenvalue weighted by Gasteiger charge is -2.26. The Kier molecular flexibility index (Phi) is 6.73. The molecule has 1 saturated heterocycles. The minimum Gasteiger partial charge on any atom is -0.393 e. The molecule has 3 aliphatic rings. The number of nitrogens with zero attached hydrogens (tertiary/aromatic N) is 2. The lowest BCUT2D eigenvalue weighted by Crippen LogP contribution is -2.39. The molecule has 1 amide bonds. The maximum absolute atomic E-state index is 13.0. The summed E-state index contributed by atoms with van der Waals surface area (Å²) in [5.41, 5.74) is 9.93. The fourth-order valence-corrected chi connectivity index (χ4v) is 5.47. The van der Waals surface area contributed by atoms with Crippen molar-refractivity contribution in [3.63, 3.8) is 0 Å². The summed E-state index contributed by atoms with van der Waals surface area (Å²) in [5.74, 6) is 3.32. The van der Waals surface area contributed by atoms with Crippen LogP contribution in [-0.4, -0.2) is 54.4 Å². The Morgan fingerprint density at radius 3 is 2.70 bits per heavy atom. The molecule has 4 rings (SSSR count). The van der Waals surface area contributed by atoms with Crippen molar-refractivity contribution in [3.8, 4) is 12.3 Å². The van der Waals surface area contributed by atoms with E-state index in [1.165, 1.54) is 12.0 Å². The van der Waals surface area contributed by atoms with Gasteiger partial charge in [0, 0.05) is 24.5 Å². The van der Waals surface area contributed by atoms with Gasteiger partial charge in [-0.25, -0.2) is 4.99 Å². The van der Waals surface area contributed by atoms with E-state index >= 15 is 0 Å². The molecule has 1 heterocycles. The first-order valence-electron chi connectivity index (χ1n) is 11.8. The van der Waals surface area contributed by atoms with Crippen molar-refractivity contribution in [1.29, 1.82) is 0 Å². The Bertz CT molecular complexity index is 1010. The Morgan fingerprint density at radius 1 is 1.36 bits per heavy atom. The van der Waals surface area contributed by atoms with Crippen LogP contribution in [0.3, 0.4) is 0 Å².